The Hall–Kier alpha value is 0.480. The first-order chi connectivity index (χ1) is 6.33. The fraction of sp³-hybridized carbons (Fsp3) is 1.00. The molecule has 0 aromatic carbocycles. The number of hydrogen-bond acceptors (Lipinski definition) is 0. The van der Waals surface area contributed by atoms with Crippen LogP contribution in [0, 0.1) is 11.8 Å². The first-order valence-electron chi connectivity index (χ1n) is 5.89. The summed E-state index contributed by atoms with van der Waals surface area (Å²) >= 11 is 3.52. The maximum absolute atomic E-state index is 3.52. The van der Waals surface area contributed by atoms with Crippen LogP contribution in [0.3, 0.4) is 0 Å². The van der Waals surface area contributed by atoms with Crippen molar-refractivity contribution in [1.82, 2.24) is 0 Å². The van der Waals surface area contributed by atoms with Gasteiger partial charge in [0.1, 0.15) is 0 Å². The Kier molecular flexibility index (Phi) is 6.10. The summed E-state index contributed by atoms with van der Waals surface area (Å²) in [6, 6.07) is 0. The molecule has 1 aliphatic rings. The maximum Gasteiger partial charge on any atom is 0.00338 e. The molecule has 1 rings (SSSR count). The summed E-state index contributed by atoms with van der Waals surface area (Å²) in [4.78, 5) is 0. The van der Waals surface area contributed by atoms with E-state index in [9.17, 15) is 0 Å². The SMILES string of the molecule is C[C@H](CCBr)CCC1CCCCC1. The van der Waals surface area contributed by atoms with Crippen LogP contribution < -0.4 is 0 Å². The Labute approximate surface area is 91.6 Å². The monoisotopic (exact) mass is 246 g/mol. The van der Waals surface area contributed by atoms with E-state index in [0.717, 1.165) is 11.8 Å². The third kappa shape index (κ3) is 5.05. The number of halogens is 1. The summed E-state index contributed by atoms with van der Waals surface area (Å²) in [5.74, 6) is 2.01. The predicted molar refractivity (Wildman–Crippen MR) is 63.4 cm³/mol. The van der Waals surface area contributed by atoms with Gasteiger partial charge in [0, 0.05) is 5.33 Å². The van der Waals surface area contributed by atoms with Crippen molar-refractivity contribution < 1.29 is 0 Å². The summed E-state index contributed by atoms with van der Waals surface area (Å²) < 4.78 is 0. The molecule has 0 unspecified atom stereocenters. The molecule has 0 N–H and O–H groups in total. The van der Waals surface area contributed by atoms with Gasteiger partial charge in [-0.2, -0.15) is 0 Å². The van der Waals surface area contributed by atoms with Gasteiger partial charge < -0.3 is 0 Å². The largest absolute Gasteiger partial charge is 0.0928 e. The zero-order valence-electron chi connectivity index (χ0n) is 8.90. The summed E-state index contributed by atoms with van der Waals surface area (Å²) in [5.41, 5.74) is 0. The molecule has 13 heavy (non-hydrogen) atoms. The van der Waals surface area contributed by atoms with E-state index in [2.05, 4.69) is 22.9 Å². The molecule has 0 radical (unpaired) electrons. The van der Waals surface area contributed by atoms with Crippen LogP contribution in [0.5, 0.6) is 0 Å². The quantitative estimate of drug-likeness (QED) is 0.614. The van der Waals surface area contributed by atoms with E-state index in [-0.39, 0.29) is 0 Å². The lowest BCUT2D eigenvalue weighted by Gasteiger charge is -2.22. The summed E-state index contributed by atoms with van der Waals surface area (Å²) in [7, 11) is 0. The Morgan fingerprint density at radius 1 is 1.15 bits per heavy atom. The molecule has 1 heteroatoms. The minimum absolute atomic E-state index is 0.932. The lowest BCUT2D eigenvalue weighted by atomic mass is 9.84. The molecular formula is C12H23Br. The Morgan fingerprint density at radius 3 is 2.46 bits per heavy atom. The Bertz CT molecular complexity index is 116. The van der Waals surface area contributed by atoms with Crippen molar-refractivity contribution in [1.29, 1.82) is 0 Å². The van der Waals surface area contributed by atoms with Crippen LogP contribution in [0.1, 0.15) is 58.3 Å². The van der Waals surface area contributed by atoms with Gasteiger partial charge in [-0.1, -0.05) is 67.8 Å². The molecule has 0 spiro atoms. The van der Waals surface area contributed by atoms with Gasteiger partial charge in [-0.15, -0.1) is 0 Å². The first kappa shape index (κ1) is 11.6. The van der Waals surface area contributed by atoms with Crippen LogP contribution in [0.15, 0.2) is 0 Å². The second-order valence-corrected chi connectivity index (χ2v) is 5.46. The fourth-order valence-electron chi connectivity index (χ4n) is 2.33. The third-order valence-electron chi connectivity index (χ3n) is 3.39. The zero-order valence-corrected chi connectivity index (χ0v) is 10.5. The van der Waals surface area contributed by atoms with Gasteiger partial charge in [0.2, 0.25) is 0 Å². The second kappa shape index (κ2) is 6.86. The number of hydrogen-bond donors (Lipinski definition) is 0. The van der Waals surface area contributed by atoms with Gasteiger partial charge >= 0.3 is 0 Å². The molecular weight excluding hydrogens is 224 g/mol. The van der Waals surface area contributed by atoms with E-state index >= 15 is 0 Å². The summed E-state index contributed by atoms with van der Waals surface area (Å²) in [5, 5.41) is 1.18. The van der Waals surface area contributed by atoms with E-state index in [1.165, 1.54) is 56.7 Å². The van der Waals surface area contributed by atoms with Crippen molar-refractivity contribution in [2.24, 2.45) is 11.8 Å². The Morgan fingerprint density at radius 2 is 1.85 bits per heavy atom. The normalized spacial score (nSPS) is 21.7. The van der Waals surface area contributed by atoms with Crippen LogP contribution in [-0.4, -0.2) is 5.33 Å². The molecule has 0 saturated heterocycles. The van der Waals surface area contributed by atoms with Crippen LogP contribution in [0.4, 0.5) is 0 Å². The summed E-state index contributed by atoms with van der Waals surface area (Å²) in [6.07, 6.45) is 11.8. The van der Waals surface area contributed by atoms with Gasteiger partial charge in [0.05, 0.1) is 0 Å². The average molecular weight is 247 g/mol. The van der Waals surface area contributed by atoms with E-state index < -0.39 is 0 Å². The van der Waals surface area contributed by atoms with Gasteiger partial charge in [0.15, 0.2) is 0 Å². The molecule has 0 aromatic rings. The second-order valence-electron chi connectivity index (χ2n) is 4.66. The van der Waals surface area contributed by atoms with E-state index in [4.69, 9.17) is 0 Å². The maximum atomic E-state index is 3.52. The van der Waals surface area contributed by atoms with Gasteiger partial charge in [-0.3, -0.25) is 0 Å². The van der Waals surface area contributed by atoms with Crippen molar-refractivity contribution in [3.63, 3.8) is 0 Å². The number of alkyl halides is 1. The van der Waals surface area contributed by atoms with Crippen LogP contribution in [0.2, 0.25) is 0 Å². The molecule has 0 amide bonds. The van der Waals surface area contributed by atoms with E-state index in [1.807, 2.05) is 0 Å². The molecule has 1 atom stereocenters. The summed E-state index contributed by atoms with van der Waals surface area (Å²) in [6.45, 7) is 2.39. The Balaban J connectivity index is 2.03. The van der Waals surface area contributed by atoms with Crippen molar-refractivity contribution in [3.8, 4) is 0 Å². The lowest BCUT2D eigenvalue weighted by Crippen LogP contribution is -2.08. The molecule has 0 heterocycles. The minimum Gasteiger partial charge on any atom is -0.0928 e. The highest BCUT2D eigenvalue weighted by Crippen LogP contribution is 2.29. The number of rotatable bonds is 5. The molecule has 0 nitrogen and oxygen atoms in total. The first-order valence-corrected chi connectivity index (χ1v) is 7.01. The molecule has 78 valence electrons. The van der Waals surface area contributed by atoms with Crippen molar-refractivity contribution in [3.05, 3.63) is 0 Å². The smallest absolute Gasteiger partial charge is 0.00338 e. The molecule has 0 bridgehead atoms. The third-order valence-corrected chi connectivity index (χ3v) is 3.85. The van der Waals surface area contributed by atoms with Crippen molar-refractivity contribution >= 4 is 15.9 Å². The van der Waals surface area contributed by atoms with Gasteiger partial charge in [-0.25, -0.2) is 0 Å². The molecule has 1 saturated carbocycles. The highest BCUT2D eigenvalue weighted by Gasteiger charge is 2.13. The van der Waals surface area contributed by atoms with Crippen LogP contribution in [-0.2, 0) is 0 Å². The molecule has 0 aliphatic heterocycles. The van der Waals surface area contributed by atoms with E-state index in [0.29, 0.717) is 0 Å². The van der Waals surface area contributed by atoms with Crippen LogP contribution >= 0.6 is 15.9 Å². The van der Waals surface area contributed by atoms with Crippen molar-refractivity contribution in [2.75, 3.05) is 5.33 Å². The van der Waals surface area contributed by atoms with Gasteiger partial charge in [-0.05, 0) is 18.3 Å². The average Bonchev–Trinajstić information content (AvgIpc) is 2.17. The van der Waals surface area contributed by atoms with Crippen molar-refractivity contribution in [2.45, 2.75) is 58.3 Å². The van der Waals surface area contributed by atoms with Crippen LogP contribution in [0.25, 0.3) is 0 Å². The zero-order chi connectivity index (χ0) is 9.52. The highest BCUT2D eigenvalue weighted by atomic mass is 79.9. The fourth-order valence-corrected chi connectivity index (χ4v) is 3.11. The standard InChI is InChI=1S/C12H23Br/c1-11(9-10-13)7-8-12-5-3-2-4-6-12/h11-12H,2-10H2,1H3/t11-/m0/s1. The van der Waals surface area contributed by atoms with E-state index in [1.54, 1.807) is 0 Å². The lowest BCUT2D eigenvalue weighted by molar-refractivity contribution is 0.311. The highest BCUT2D eigenvalue weighted by molar-refractivity contribution is 9.09. The molecule has 1 fully saturated rings. The van der Waals surface area contributed by atoms with Gasteiger partial charge in [0.25, 0.3) is 0 Å². The topological polar surface area (TPSA) is 0 Å². The predicted octanol–water partition coefficient (Wildman–Crippen LogP) is 4.77. The molecule has 0 aromatic heterocycles. The molecule has 1 aliphatic carbocycles. The minimum atomic E-state index is 0.932.